The van der Waals surface area contributed by atoms with E-state index in [2.05, 4.69) is 0 Å². The number of hydrogen-bond donors (Lipinski definition) is 1. The zero-order valence-electron chi connectivity index (χ0n) is 8.51. The third-order valence-electron chi connectivity index (χ3n) is 2.17. The fourth-order valence-electron chi connectivity index (χ4n) is 1.39. The Morgan fingerprint density at radius 2 is 2.18 bits per heavy atom. The molecular weight excluding hydrogens is 227 g/mol. The second kappa shape index (κ2) is 4.21. The summed E-state index contributed by atoms with van der Waals surface area (Å²) in [6, 6.07) is 3.54. The number of benzene rings is 1. The van der Waals surface area contributed by atoms with Gasteiger partial charge < -0.3 is 9.52 Å². The molecule has 1 aromatic carbocycles. The lowest BCUT2D eigenvalue weighted by atomic mass is 10.1. The number of halogens is 1. The van der Waals surface area contributed by atoms with Gasteiger partial charge in [0.25, 0.3) is 0 Å². The van der Waals surface area contributed by atoms with Crippen LogP contribution >= 0.6 is 0 Å². The fraction of sp³-hybridized carbons (Fsp3) is 0. The average Bonchev–Trinajstić information content (AvgIpc) is 2.27. The van der Waals surface area contributed by atoms with Gasteiger partial charge in [-0.15, -0.1) is 0 Å². The summed E-state index contributed by atoms with van der Waals surface area (Å²) < 4.78 is 17.9. The van der Waals surface area contributed by atoms with Gasteiger partial charge in [-0.2, -0.15) is 0 Å². The Labute approximate surface area is 94.6 Å². The minimum Gasteiger partial charge on any atom is -0.478 e. The second-order valence-corrected chi connectivity index (χ2v) is 3.33. The van der Waals surface area contributed by atoms with Crippen molar-refractivity contribution < 1.29 is 18.7 Å². The quantitative estimate of drug-likeness (QED) is 0.807. The van der Waals surface area contributed by atoms with Crippen molar-refractivity contribution in [3.8, 4) is 0 Å². The largest absolute Gasteiger partial charge is 0.478 e. The van der Waals surface area contributed by atoms with Crippen molar-refractivity contribution in [1.29, 1.82) is 0 Å². The van der Waals surface area contributed by atoms with Crippen LogP contribution in [-0.2, 0) is 4.79 Å². The van der Waals surface area contributed by atoms with Crippen molar-refractivity contribution in [2.24, 2.45) is 0 Å². The Hall–Kier alpha value is -2.43. The van der Waals surface area contributed by atoms with Crippen molar-refractivity contribution in [2.75, 3.05) is 0 Å². The summed E-state index contributed by atoms with van der Waals surface area (Å²) >= 11 is 0. The topological polar surface area (TPSA) is 67.5 Å². The molecule has 0 saturated heterocycles. The number of carboxylic acids is 1. The highest BCUT2D eigenvalue weighted by Crippen LogP contribution is 2.13. The highest BCUT2D eigenvalue weighted by molar-refractivity contribution is 5.86. The maximum Gasteiger partial charge on any atom is 0.328 e. The minimum atomic E-state index is -1.16. The van der Waals surface area contributed by atoms with Crippen molar-refractivity contribution >= 4 is 23.0 Å². The molecule has 4 nitrogen and oxygen atoms in total. The summed E-state index contributed by atoms with van der Waals surface area (Å²) in [6.45, 7) is 0. The summed E-state index contributed by atoms with van der Waals surface area (Å²) in [5, 5.41) is 8.65. The molecule has 2 aromatic rings. The van der Waals surface area contributed by atoms with Gasteiger partial charge in [0.15, 0.2) is 5.43 Å². The molecule has 1 heterocycles. The molecule has 0 unspecified atom stereocenters. The Kier molecular flexibility index (Phi) is 2.74. The van der Waals surface area contributed by atoms with E-state index in [9.17, 15) is 14.0 Å². The summed E-state index contributed by atoms with van der Waals surface area (Å²) in [6.07, 6.45) is 3.07. The molecule has 0 atom stereocenters. The van der Waals surface area contributed by atoms with Gasteiger partial charge in [0.2, 0.25) is 0 Å². The number of rotatable bonds is 2. The molecule has 5 heteroatoms. The van der Waals surface area contributed by atoms with Crippen LogP contribution < -0.4 is 5.43 Å². The number of carboxylic acid groups (broad SMARTS) is 1. The van der Waals surface area contributed by atoms with Crippen LogP contribution in [0.2, 0.25) is 0 Å². The smallest absolute Gasteiger partial charge is 0.328 e. The monoisotopic (exact) mass is 234 g/mol. The highest BCUT2D eigenvalue weighted by atomic mass is 19.1. The summed E-state index contributed by atoms with van der Waals surface area (Å²) in [4.78, 5) is 22.1. The molecule has 0 fully saturated rings. The van der Waals surface area contributed by atoms with E-state index in [0.29, 0.717) is 0 Å². The first kappa shape index (κ1) is 11.1. The van der Waals surface area contributed by atoms with Crippen molar-refractivity contribution in [3.63, 3.8) is 0 Å². The summed E-state index contributed by atoms with van der Waals surface area (Å²) in [5.74, 6) is -1.67. The molecule has 2 rings (SSSR count). The van der Waals surface area contributed by atoms with Crippen LogP contribution in [0, 0.1) is 5.82 Å². The Morgan fingerprint density at radius 3 is 2.88 bits per heavy atom. The minimum absolute atomic E-state index is 0.103. The van der Waals surface area contributed by atoms with Gasteiger partial charge in [-0.05, 0) is 18.2 Å². The molecule has 17 heavy (non-hydrogen) atoms. The maximum absolute atomic E-state index is 12.9. The molecule has 0 saturated carbocycles. The predicted octanol–water partition coefficient (Wildman–Crippen LogP) is 2.03. The molecule has 0 spiro atoms. The third kappa shape index (κ3) is 2.23. The van der Waals surface area contributed by atoms with Crippen LogP contribution in [0.3, 0.4) is 0 Å². The van der Waals surface area contributed by atoms with Crippen molar-refractivity contribution in [2.45, 2.75) is 0 Å². The van der Waals surface area contributed by atoms with Crippen LogP contribution in [0.5, 0.6) is 0 Å². The van der Waals surface area contributed by atoms with Crippen LogP contribution in [0.25, 0.3) is 17.0 Å². The molecule has 86 valence electrons. The number of fused-ring (bicyclic) bond motifs is 1. The van der Waals surface area contributed by atoms with Crippen LogP contribution in [0.1, 0.15) is 5.56 Å². The van der Waals surface area contributed by atoms with E-state index in [1.54, 1.807) is 0 Å². The Morgan fingerprint density at radius 1 is 1.41 bits per heavy atom. The van der Waals surface area contributed by atoms with Crippen LogP contribution in [0.4, 0.5) is 4.39 Å². The lowest BCUT2D eigenvalue weighted by Gasteiger charge is -1.98. The van der Waals surface area contributed by atoms with Crippen LogP contribution in [0.15, 0.2) is 39.7 Å². The first-order chi connectivity index (χ1) is 8.08. The van der Waals surface area contributed by atoms with E-state index < -0.39 is 17.2 Å². The summed E-state index contributed by atoms with van der Waals surface area (Å²) in [5.41, 5.74) is -0.169. The van der Waals surface area contributed by atoms with Gasteiger partial charge in [0.05, 0.1) is 10.9 Å². The SMILES string of the molecule is O=C(O)C=Cc1coc2cc(F)ccc2c1=O. The zero-order chi connectivity index (χ0) is 12.4. The summed E-state index contributed by atoms with van der Waals surface area (Å²) in [7, 11) is 0. The first-order valence-corrected chi connectivity index (χ1v) is 4.70. The van der Waals surface area contributed by atoms with Gasteiger partial charge in [-0.3, -0.25) is 4.79 Å². The van der Waals surface area contributed by atoms with Gasteiger partial charge >= 0.3 is 5.97 Å². The molecule has 0 bridgehead atoms. The Balaban J connectivity index is 2.62. The van der Waals surface area contributed by atoms with Crippen molar-refractivity contribution in [3.05, 3.63) is 52.1 Å². The number of hydrogen-bond acceptors (Lipinski definition) is 3. The van der Waals surface area contributed by atoms with E-state index in [1.165, 1.54) is 6.07 Å². The standard InChI is InChI=1S/C12H7FO4/c13-8-2-3-9-10(5-8)17-6-7(12(9)16)1-4-11(14)15/h1-6H,(H,14,15). The van der Waals surface area contributed by atoms with Gasteiger partial charge in [0, 0.05) is 12.1 Å². The molecule has 0 aliphatic carbocycles. The highest BCUT2D eigenvalue weighted by Gasteiger charge is 2.05. The van der Waals surface area contributed by atoms with Gasteiger partial charge in [0.1, 0.15) is 17.7 Å². The van der Waals surface area contributed by atoms with Crippen LogP contribution in [-0.4, -0.2) is 11.1 Å². The zero-order valence-corrected chi connectivity index (χ0v) is 8.51. The van der Waals surface area contributed by atoms with E-state index >= 15 is 0 Å². The van der Waals surface area contributed by atoms with E-state index in [0.717, 1.165) is 30.5 Å². The molecule has 1 N–H and O–H groups in total. The average molecular weight is 234 g/mol. The van der Waals surface area contributed by atoms with Gasteiger partial charge in [-0.1, -0.05) is 0 Å². The lowest BCUT2D eigenvalue weighted by molar-refractivity contribution is -0.131. The lowest BCUT2D eigenvalue weighted by Crippen LogP contribution is -2.05. The molecule has 0 aliphatic heterocycles. The maximum atomic E-state index is 12.9. The predicted molar refractivity (Wildman–Crippen MR) is 59.1 cm³/mol. The van der Waals surface area contributed by atoms with Crippen molar-refractivity contribution in [1.82, 2.24) is 0 Å². The van der Waals surface area contributed by atoms with E-state index in [4.69, 9.17) is 9.52 Å². The molecule has 0 radical (unpaired) electrons. The fourth-order valence-corrected chi connectivity index (χ4v) is 1.39. The first-order valence-electron chi connectivity index (χ1n) is 4.70. The molecule has 1 aromatic heterocycles. The molecule has 0 amide bonds. The number of aliphatic carboxylic acids is 1. The van der Waals surface area contributed by atoms with Gasteiger partial charge in [-0.25, -0.2) is 9.18 Å². The normalized spacial score (nSPS) is 11.1. The molecular formula is C12H7FO4. The third-order valence-corrected chi connectivity index (χ3v) is 2.17. The second-order valence-electron chi connectivity index (χ2n) is 3.33. The van der Waals surface area contributed by atoms with E-state index in [1.807, 2.05) is 0 Å². The Bertz CT molecular complexity index is 670. The molecule has 0 aliphatic rings. The number of carbonyl (C=O) groups is 1. The van der Waals surface area contributed by atoms with E-state index in [-0.39, 0.29) is 16.5 Å².